The molecule has 0 bridgehead atoms. The van der Waals surface area contributed by atoms with E-state index in [2.05, 4.69) is 29.5 Å². The maximum absolute atomic E-state index is 4.46. The van der Waals surface area contributed by atoms with E-state index in [0.717, 1.165) is 49.0 Å². The lowest BCUT2D eigenvalue weighted by Crippen LogP contribution is -2.07. The van der Waals surface area contributed by atoms with Gasteiger partial charge in [0.2, 0.25) is 0 Å². The third kappa shape index (κ3) is 5.06. The smallest absolute Gasteiger partial charge is 0.0796 e. The Morgan fingerprint density at radius 3 is 1.79 bits per heavy atom. The standard InChI is InChI=1S/C15H11N3.H6N3P3/c1-4-12(10-16-7-1)14-6-3-9-18-15(14)13-5-2-8-17-11-13;1-4-2-6-3-5-1/h1-11H;1-6H. The number of hydrogen-bond acceptors (Lipinski definition) is 6. The second-order valence-electron chi connectivity index (χ2n) is 4.63. The minimum absolute atomic E-state index is 0.764. The summed E-state index contributed by atoms with van der Waals surface area (Å²) in [7, 11) is 2.29. The van der Waals surface area contributed by atoms with Crippen LogP contribution in [-0.2, 0) is 0 Å². The largest absolute Gasteiger partial charge is 0.264 e. The summed E-state index contributed by atoms with van der Waals surface area (Å²) in [4.78, 5) is 22.1. The number of hydrogen-bond donors (Lipinski definition) is 3. The van der Waals surface area contributed by atoms with E-state index in [-0.39, 0.29) is 0 Å². The fourth-order valence-corrected chi connectivity index (χ4v) is 5.27. The zero-order valence-corrected chi connectivity index (χ0v) is 15.7. The molecule has 3 aromatic rings. The maximum Gasteiger partial charge on any atom is 0.0796 e. The predicted octanol–water partition coefficient (Wildman–Crippen LogP) is 3.50. The molecular weight excluding hydrogens is 357 g/mol. The van der Waals surface area contributed by atoms with Gasteiger partial charge in [0.15, 0.2) is 0 Å². The van der Waals surface area contributed by atoms with Crippen LogP contribution in [0.25, 0.3) is 22.4 Å². The normalized spacial score (nSPS) is 16.7. The zero-order chi connectivity index (χ0) is 16.5. The van der Waals surface area contributed by atoms with Gasteiger partial charge >= 0.3 is 0 Å². The Kier molecular flexibility index (Phi) is 7.13. The first-order chi connectivity index (χ1) is 11.9. The molecule has 0 aromatic carbocycles. The van der Waals surface area contributed by atoms with Crippen LogP contribution < -0.4 is 14.6 Å². The van der Waals surface area contributed by atoms with E-state index in [4.69, 9.17) is 0 Å². The summed E-state index contributed by atoms with van der Waals surface area (Å²) in [5, 5.41) is 0. The summed E-state index contributed by atoms with van der Waals surface area (Å²) in [6.07, 6.45) is 8.99. The van der Waals surface area contributed by atoms with Gasteiger partial charge in [-0.1, -0.05) is 12.1 Å². The molecule has 9 heteroatoms. The van der Waals surface area contributed by atoms with Crippen LogP contribution in [0.5, 0.6) is 0 Å². The van der Waals surface area contributed by atoms with Crippen molar-refractivity contribution in [3.05, 3.63) is 67.4 Å². The molecule has 4 heterocycles. The van der Waals surface area contributed by atoms with Gasteiger partial charge in [0.05, 0.1) is 5.69 Å². The molecule has 0 atom stereocenters. The van der Waals surface area contributed by atoms with Crippen LogP contribution in [0.3, 0.4) is 0 Å². The highest BCUT2D eigenvalue weighted by atomic mass is 31.2. The third-order valence-electron chi connectivity index (χ3n) is 3.09. The monoisotopic (exact) mass is 374 g/mol. The lowest BCUT2D eigenvalue weighted by molar-refractivity contribution is 1.27. The van der Waals surface area contributed by atoms with Crippen molar-refractivity contribution in [2.24, 2.45) is 0 Å². The molecular formula is C15H17N6P3. The molecule has 0 amide bonds. The van der Waals surface area contributed by atoms with Crippen LogP contribution in [0.2, 0.25) is 0 Å². The van der Waals surface area contributed by atoms with Crippen molar-refractivity contribution in [1.29, 1.82) is 0 Å². The van der Waals surface area contributed by atoms with E-state index in [0.29, 0.717) is 0 Å². The number of pyridine rings is 3. The summed E-state index contributed by atoms with van der Waals surface area (Å²) in [5.41, 5.74) is 4.07. The van der Waals surface area contributed by atoms with Crippen molar-refractivity contribution in [3.8, 4) is 22.4 Å². The Hall–Kier alpha value is -1.38. The van der Waals surface area contributed by atoms with Crippen molar-refractivity contribution in [2.45, 2.75) is 0 Å². The lowest BCUT2D eigenvalue weighted by atomic mass is 10.0. The molecule has 0 aliphatic carbocycles. The third-order valence-corrected chi connectivity index (χ3v) is 6.09. The second-order valence-corrected chi connectivity index (χ2v) is 8.38. The van der Waals surface area contributed by atoms with Crippen molar-refractivity contribution in [2.75, 3.05) is 0 Å². The molecule has 0 radical (unpaired) electrons. The molecule has 1 aliphatic rings. The van der Waals surface area contributed by atoms with E-state index < -0.39 is 0 Å². The highest BCUT2D eigenvalue weighted by molar-refractivity contribution is 7.65. The highest BCUT2D eigenvalue weighted by Crippen LogP contribution is 2.28. The molecule has 0 unspecified atom stereocenters. The fraction of sp³-hybridized carbons (Fsp3) is 0. The molecule has 122 valence electrons. The van der Waals surface area contributed by atoms with E-state index in [1.54, 1.807) is 18.6 Å². The van der Waals surface area contributed by atoms with Gasteiger partial charge in [-0.05, 0) is 24.3 Å². The van der Waals surface area contributed by atoms with Crippen LogP contribution in [0.15, 0.2) is 67.4 Å². The van der Waals surface area contributed by atoms with E-state index >= 15 is 0 Å². The Balaban J connectivity index is 0.000000238. The summed E-state index contributed by atoms with van der Waals surface area (Å²) < 4.78 is 0. The SMILES string of the molecule is N1PNPNP1.c1cncc(-c2cccnc2-c2cccnc2)c1. The van der Waals surface area contributed by atoms with Gasteiger partial charge in [-0.3, -0.25) is 29.5 Å². The number of nitrogens with one attached hydrogen (secondary N) is 3. The second kappa shape index (κ2) is 9.80. The Labute approximate surface area is 146 Å². The van der Waals surface area contributed by atoms with Gasteiger partial charge < -0.3 is 0 Å². The average Bonchev–Trinajstić information content (AvgIpc) is 2.71. The van der Waals surface area contributed by atoms with Crippen LogP contribution >= 0.6 is 26.6 Å². The minimum Gasteiger partial charge on any atom is -0.264 e. The lowest BCUT2D eigenvalue weighted by Gasteiger charge is -2.12. The number of rotatable bonds is 2. The van der Waals surface area contributed by atoms with Crippen molar-refractivity contribution in [1.82, 2.24) is 29.5 Å². The van der Waals surface area contributed by atoms with Crippen LogP contribution in [0, 0.1) is 0 Å². The average molecular weight is 374 g/mol. The fourth-order valence-electron chi connectivity index (χ4n) is 2.08. The number of nitrogens with zero attached hydrogens (tertiary/aromatic N) is 3. The predicted molar refractivity (Wildman–Crippen MR) is 105 cm³/mol. The van der Waals surface area contributed by atoms with Gasteiger partial charge in [-0.25, -0.2) is 0 Å². The molecule has 3 aromatic heterocycles. The quantitative estimate of drug-likeness (QED) is 0.597. The van der Waals surface area contributed by atoms with E-state index in [1.807, 2.05) is 48.8 Å². The maximum atomic E-state index is 4.46. The first kappa shape index (κ1) is 17.4. The summed E-state index contributed by atoms with van der Waals surface area (Å²) in [6.45, 7) is 0. The molecule has 0 saturated carbocycles. The van der Waals surface area contributed by atoms with Crippen molar-refractivity contribution < 1.29 is 0 Å². The zero-order valence-electron chi connectivity index (χ0n) is 12.7. The molecule has 3 N–H and O–H groups in total. The first-order valence-corrected chi connectivity index (χ1v) is 10.2. The van der Waals surface area contributed by atoms with Gasteiger partial charge in [0.25, 0.3) is 0 Å². The molecule has 1 saturated heterocycles. The summed E-state index contributed by atoms with van der Waals surface area (Å²) >= 11 is 0. The molecule has 0 spiro atoms. The van der Waals surface area contributed by atoms with E-state index in [9.17, 15) is 0 Å². The molecule has 6 nitrogen and oxygen atoms in total. The summed E-state index contributed by atoms with van der Waals surface area (Å²) in [6, 6.07) is 11.9. The Morgan fingerprint density at radius 2 is 1.25 bits per heavy atom. The Bertz CT molecular complexity index is 670. The molecule has 1 fully saturated rings. The molecule has 1 aliphatic heterocycles. The van der Waals surface area contributed by atoms with Crippen LogP contribution in [0.4, 0.5) is 0 Å². The van der Waals surface area contributed by atoms with Gasteiger partial charge in [0, 0.05) is 74.3 Å². The Morgan fingerprint density at radius 1 is 0.667 bits per heavy atom. The minimum atomic E-state index is 0.764. The summed E-state index contributed by atoms with van der Waals surface area (Å²) in [5.74, 6) is 0. The van der Waals surface area contributed by atoms with Crippen molar-refractivity contribution >= 4 is 26.6 Å². The van der Waals surface area contributed by atoms with Crippen molar-refractivity contribution in [3.63, 3.8) is 0 Å². The van der Waals surface area contributed by atoms with Crippen LogP contribution in [-0.4, -0.2) is 15.0 Å². The van der Waals surface area contributed by atoms with Gasteiger partial charge in [-0.15, -0.1) is 0 Å². The topological polar surface area (TPSA) is 74.8 Å². The highest BCUT2D eigenvalue weighted by Gasteiger charge is 2.07. The molecule has 4 rings (SSSR count). The number of aromatic nitrogens is 3. The van der Waals surface area contributed by atoms with E-state index in [1.165, 1.54) is 0 Å². The van der Waals surface area contributed by atoms with Crippen LogP contribution in [0.1, 0.15) is 0 Å². The molecule has 24 heavy (non-hydrogen) atoms. The van der Waals surface area contributed by atoms with Gasteiger partial charge in [0.1, 0.15) is 0 Å². The van der Waals surface area contributed by atoms with Gasteiger partial charge in [-0.2, -0.15) is 0 Å². The first-order valence-electron chi connectivity index (χ1n) is 7.21.